The number of morpholine rings is 1. The van der Waals surface area contributed by atoms with E-state index in [1.807, 2.05) is 24.3 Å². The van der Waals surface area contributed by atoms with E-state index in [0.29, 0.717) is 17.4 Å². The van der Waals surface area contributed by atoms with Crippen molar-refractivity contribution in [2.45, 2.75) is 25.7 Å². The van der Waals surface area contributed by atoms with E-state index in [0.717, 1.165) is 26.3 Å². The summed E-state index contributed by atoms with van der Waals surface area (Å²) in [6.45, 7) is 7.51. The third-order valence-electron chi connectivity index (χ3n) is 6.00. The fraction of sp³-hybridized carbons (Fsp3) is 0.458. The number of halogens is 1. The van der Waals surface area contributed by atoms with Crippen LogP contribution in [-0.2, 0) is 4.74 Å². The predicted octanol–water partition coefficient (Wildman–Crippen LogP) is 4.47. The van der Waals surface area contributed by atoms with Crippen molar-refractivity contribution in [3.05, 3.63) is 65.2 Å². The van der Waals surface area contributed by atoms with E-state index in [1.54, 1.807) is 7.05 Å². The number of benzene rings is 2. The first-order valence-corrected chi connectivity index (χ1v) is 10.3. The van der Waals surface area contributed by atoms with Crippen molar-refractivity contribution >= 4 is 11.6 Å². The van der Waals surface area contributed by atoms with Crippen LogP contribution in [0.15, 0.2) is 48.5 Å². The van der Waals surface area contributed by atoms with Crippen molar-refractivity contribution in [3.8, 4) is 0 Å². The Bertz CT molecular complexity index is 786. The molecule has 1 aliphatic heterocycles. The molecule has 1 saturated heterocycles. The lowest BCUT2D eigenvalue weighted by molar-refractivity contribution is 0.0786. The molecular formula is C24H31FN2O2. The fourth-order valence-corrected chi connectivity index (χ4v) is 3.77. The maximum absolute atomic E-state index is 12.5. The Balaban J connectivity index is 1.66. The van der Waals surface area contributed by atoms with Gasteiger partial charge in [0.15, 0.2) is 0 Å². The molecule has 0 N–H and O–H groups in total. The average molecular weight is 399 g/mol. The molecule has 4 nitrogen and oxygen atoms in total. The van der Waals surface area contributed by atoms with Crippen LogP contribution in [0.25, 0.3) is 0 Å². The highest BCUT2D eigenvalue weighted by atomic mass is 19.1. The van der Waals surface area contributed by atoms with E-state index < -0.39 is 6.67 Å². The quantitative estimate of drug-likeness (QED) is 0.690. The summed E-state index contributed by atoms with van der Waals surface area (Å²) in [5.74, 6) is 0.523. The Kier molecular flexibility index (Phi) is 7.26. The second-order valence-electron chi connectivity index (χ2n) is 7.81. The van der Waals surface area contributed by atoms with E-state index in [9.17, 15) is 9.18 Å². The summed E-state index contributed by atoms with van der Waals surface area (Å²) in [6, 6.07) is 16.6. The van der Waals surface area contributed by atoms with Crippen LogP contribution in [0.4, 0.5) is 10.1 Å². The van der Waals surface area contributed by atoms with Crippen LogP contribution in [-0.4, -0.2) is 57.4 Å². The first-order chi connectivity index (χ1) is 14.0. The molecule has 2 aromatic carbocycles. The molecule has 1 fully saturated rings. The van der Waals surface area contributed by atoms with Crippen molar-refractivity contribution in [2.24, 2.45) is 0 Å². The summed E-state index contributed by atoms with van der Waals surface area (Å²) in [7, 11) is 1.63. The molecule has 1 heterocycles. The lowest BCUT2D eigenvalue weighted by atomic mass is 9.84. The van der Waals surface area contributed by atoms with Gasteiger partial charge in [0.25, 0.3) is 5.91 Å². The number of rotatable bonds is 7. The SMILES string of the molecule is C[C@H](c1ccc(C(=O)N(C)CCF)cc1)[C@@H](C)c1ccc(N2CCOCC2)cc1. The van der Waals surface area contributed by atoms with Crippen molar-refractivity contribution in [1.82, 2.24) is 4.90 Å². The summed E-state index contributed by atoms with van der Waals surface area (Å²) in [4.78, 5) is 16.1. The van der Waals surface area contributed by atoms with Crippen LogP contribution in [0, 0.1) is 0 Å². The van der Waals surface area contributed by atoms with Crippen molar-refractivity contribution in [3.63, 3.8) is 0 Å². The monoisotopic (exact) mass is 398 g/mol. The van der Waals surface area contributed by atoms with Crippen molar-refractivity contribution < 1.29 is 13.9 Å². The van der Waals surface area contributed by atoms with Crippen LogP contribution >= 0.6 is 0 Å². The molecule has 29 heavy (non-hydrogen) atoms. The minimum atomic E-state index is -0.529. The molecule has 0 aromatic heterocycles. The van der Waals surface area contributed by atoms with E-state index in [1.165, 1.54) is 21.7 Å². The second kappa shape index (κ2) is 9.88. The molecule has 1 amide bonds. The molecule has 2 aromatic rings. The van der Waals surface area contributed by atoms with E-state index >= 15 is 0 Å². The zero-order chi connectivity index (χ0) is 20.8. The lowest BCUT2D eigenvalue weighted by Crippen LogP contribution is -2.36. The highest BCUT2D eigenvalue weighted by molar-refractivity contribution is 5.94. The molecule has 0 unspecified atom stereocenters. The highest BCUT2D eigenvalue weighted by Crippen LogP contribution is 2.33. The third kappa shape index (κ3) is 5.15. The van der Waals surface area contributed by atoms with E-state index in [4.69, 9.17) is 4.74 Å². The molecule has 2 atom stereocenters. The summed E-state index contributed by atoms with van der Waals surface area (Å²) in [5, 5.41) is 0. The first kappa shape index (κ1) is 21.3. The number of anilines is 1. The maximum Gasteiger partial charge on any atom is 0.253 e. The molecule has 0 aliphatic carbocycles. The number of hydrogen-bond acceptors (Lipinski definition) is 3. The molecule has 0 saturated carbocycles. The van der Waals surface area contributed by atoms with Gasteiger partial charge in [-0.1, -0.05) is 38.1 Å². The van der Waals surface area contributed by atoms with Gasteiger partial charge >= 0.3 is 0 Å². The van der Waals surface area contributed by atoms with Gasteiger partial charge in [0.05, 0.1) is 13.2 Å². The summed E-state index contributed by atoms with van der Waals surface area (Å²) >= 11 is 0. The number of ether oxygens (including phenoxy) is 1. The number of hydrogen-bond donors (Lipinski definition) is 0. The average Bonchev–Trinajstić information content (AvgIpc) is 2.78. The highest BCUT2D eigenvalue weighted by Gasteiger charge is 2.18. The topological polar surface area (TPSA) is 32.8 Å². The van der Waals surface area contributed by atoms with Crippen molar-refractivity contribution in [1.29, 1.82) is 0 Å². The Labute approximate surface area is 173 Å². The van der Waals surface area contributed by atoms with Crippen molar-refractivity contribution in [2.75, 3.05) is 51.5 Å². The molecule has 5 heteroatoms. The van der Waals surface area contributed by atoms with Gasteiger partial charge in [-0.3, -0.25) is 4.79 Å². The van der Waals surface area contributed by atoms with Gasteiger partial charge in [0.1, 0.15) is 6.67 Å². The second-order valence-corrected chi connectivity index (χ2v) is 7.81. The van der Waals surface area contributed by atoms with Crippen LogP contribution in [0.1, 0.15) is 47.2 Å². The van der Waals surface area contributed by atoms with Crippen LogP contribution < -0.4 is 4.90 Å². The van der Waals surface area contributed by atoms with Gasteiger partial charge < -0.3 is 14.5 Å². The summed E-state index contributed by atoms with van der Waals surface area (Å²) in [6.07, 6.45) is 0. The molecule has 1 aliphatic rings. The Hall–Kier alpha value is -2.40. The number of amides is 1. The molecular weight excluding hydrogens is 367 g/mol. The molecule has 0 spiro atoms. The minimum absolute atomic E-state index is 0.120. The van der Waals surface area contributed by atoms with Gasteiger partial charge in [-0.2, -0.15) is 0 Å². The Morgan fingerprint density at radius 3 is 2.03 bits per heavy atom. The minimum Gasteiger partial charge on any atom is -0.378 e. The summed E-state index contributed by atoms with van der Waals surface area (Å²) in [5.41, 5.74) is 4.34. The molecule has 0 radical (unpaired) electrons. The number of carbonyl (C=O) groups excluding carboxylic acids is 1. The third-order valence-corrected chi connectivity index (χ3v) is 6.00. The maximum atomic E-state index is 12.5. The molecule has 156 valence electrons. The normalized spacial score (nSPS) is 16.3. The van der Waals surface area contributed by atoms with Gasteiger partial charge in [0.2, 0.25) is 0 Å². The fourth-order valence-electron chi connectivity index (χ4n) is 3.77. The smallest absolute Gasteiger partial charge is 0.253 e. The van der Waals surface area contributed by atoms with Crippen LogP contribution in [0.3, 0.4) is 0 Å². The van der Waals surface area contributed by atoms with Crippen LogP contribution in [0.2, 0.25) is 0 Å². The van der Waals surface area contributed by atoms with E-state index in [-0.39, 0.29) is 12.5 Å². The number of nitrogens with zero attached hydrogens (tertiary/aromatic N) is 2. The molecule has 3 rings (SSSR count). The zero-order valence-corrected chi connectivity index (χ0v) is 17.6. The number of alkyl halides is 1. The molecule has 0 bridgehead atoms. The van der Waals surface area contributed by atoms with E-state index in [2.05, 4.69) is 43.0 Å². The zero-order valence-electron chi connectivity index (χ0n) is 17.6. The first-order valence-electron chi connectivity index (χ1n) is 10.3. The van der Waals surface area contributed by atoms with Gasteiger partial charge in [-0.05, 0) is 47.2 Å². The van der Waals surface area contributed by atoms with Gasteiger partial charge in [-0.15, -0.1) is 0 Å². The van der Waals surface area contributed by atoms with Gasteiger partial charge in [-0.25, -0.2) is 4.39 Å². The van der Waals surface area contributed by atoms with Crippen LogP contribution in [0.5, 0.6) is 0 Å². The standard InChI is InChI=1S/C24H31FN2O2/c1-18(20-4-6-22(7-5-20)24(28)26(3)13-12-25)19(2)21-8-10-23(11-9-21)27-14-16-29-17-15-27/h4-11,18-19H,12-17H2,1-3H3/t18-,19+/m0/s1. The lowest BCUT2D eigenvalue weighted by Gasteiger charge is -2.29. The largest absolute Gasteiger partial charge is 0.378 e. The number of carbonyl (C=O) groups is 1. The predicted molar refractivity (Wildman–Crippen MR) is 116 cm³/mol. The summed E-state index contributed by atoms with van der Waals surface area (Å²) < 4.78 is 17.9. The Morgan fingerprint density at radius 1 is 1.00 bits per heavy atom. The van der Waals surface area contributed by atoms with Gasteiger partial charge in [0, 0.05) is 37.9 Å². The Morgan fingerprint density at radius 2 is 1.52 bits per heavy atom.